The van der Waals surface area contributed by atoms with Crippen LogP contribution in [0.5, 0.6) is 0 Å². The number of allylic oxidation sites excluding steroid dienone is 1. The van der Waals surface area contributed by atoms with E-state index in [0.717, 1.165) is 6.07 Å². The topological polar surface area (TPSA) is 138 Å². The second kappa shape index (κ2) is 6.68. The van der Waals surface area contributed by atoms with Gasteiger partial charge >= 0.3 is 0 Å². The first kappa shape index (κ1) is 17.5. The molecule has 3 heterocycles. The van der Waals surface area contributed by atoms with E-state index in [0.29, 0.717) is 16.8 Å². The van der Waals surface area contributed by atoms with Crippen molar-refractivity contribution in [3.05, 3.63) is 81.1 Å². The number of nitrogens with one attached hydrogen (secondary N) is 1. The van der Waals surface area contributed by atoms with Crippen LogP contribution in [0.4, 0.5) is 10.1 Å². The fraction of sp³-hybridized carbons (Fsp3) is 0.105. The van der Waals surface area contributed by atoms with E-state index in [1.54, 1.807) is 0 Å². The highest BCUT2D eigenvalue weighted by atomic mass is 19.1. The average Bonchev–Trinajstić information content (AvgIpc) is 3.17. The minimum atomic E-state index is -0.897. The third-order valence-electron chi connectivity index (χ3n) is 4.43. The lowest BCUT2D eigenvalue weighted by molar-refractivity contribution is 0.238. The van der Waals surface area contributed by atoms with Crippen LogP contribution >= 0.6 is 0 Å². The Morgan fingerprint density at radius 1 is 1.36 bits per heavy atom. The Labute approximate surface area is 157 Å². The Hall–Kier alpha value is -3.90. The smallest absolute Gasteiger partial charge is 0.209 e. The van der Waals surface area contributed by atoms with Gasteiger partial charge in [0.15, 0.2) is 0 Å². The maximum atomic E-state index is 13.3. The van der Waals surface area contributed by atoms with Crippen LogP contribution in [0.2, 0.25) is 0 Å². The van der Waals surface area contributed by atoms with Gasteiger partial charge in [0, 0.05) is 17.2 Å². The number of nitrogens with zero attached hydrogens (tertiary/aromatic N) is 2. The lowest BCUT2D eigenvalue weighted by Crippen LogP contribution is -2.27. The number of anilines is 1. The van der Waals surface area contributed by atoms with Crippen molar-refractivity contribution < 1.29 is 18.4 Å². The molecule has 28 heavy (non-hydrogen) atoms. The molecule has 0 aliphatic carbocycles. The van der Waals surface area contributed by atoms with Gasteiger partial charge in [0.25, 0.3) is 0 Å². The number of hydrogen-bond donors (Lipinski definition) is 3. The molecule has 1 atom stereocenters. The minimum Gasteiger partial charge on any atom is -0.460 e. The van der Waals surface area contributed by atoms with Gasteiger partial charge in [0.1, 0.15) is 47.4 Å². The zero-order valence-corrected chi connectivity index (χ0v) is 14.3. The molecule has 8 nitrogen and oxygen atoms in total. The standard InChI is InChI=1S/C19H13FN4O4/c20-10-3-1-9(2-4-10)16-13(8-27-24-16)15-12(6-21)19(22)23-17-14(26)5-11(7-25)28-18(15)17/h1-5,8,15,23,25H,7,22H2/t15-/m1/s1. The van der Waals surface area contributed by atoms with Crippen LogP contribution in [0.3, 0.4) is 0 Å². The minimum absolute atomic E-state index is 0.00435. The molecule has 0 bridgehead atoms. The Morgan fingerprint density at radius 3 is 2.79 bits per heavy atom. The number of aromatic nitrogens is 1. The lowest BCUT2D eigenvalue weighted by Gasteiger charge is -2.25. The third-order valence-corrected chi connectivity index (χ3v) is 4.43. The number of aliphatic hydroxyl groups is 1. The molecule has 0 amide bonds. The van der Waals surface area contributed by atoms with E-state index in [4.69, 9.17) is 14.7 Å². The molecule has 0 spiro atoms. The Bertz CT molecular complexity index is 1190. The fourth-order valence-electron chi connectivity index (χ4n) is 3.15. The summed E-state index contributed by atoms with van der Waals surface area (Å²) in [5, 5.41) is 25.7. The van der Waals surface area contributed by atoms with Crippen molar-refractivity contribution in [3.63, 3.8) is 0 Å². The van der Waals surface area contributed by atoms with Gasteiger partial charge in [-0.1, -0.05) is 5.16 Å². The maximum absolute atomic E-state index is 13.3. The van der Waals surface area contributed by atoms with Crippen LogP contribution in [0, 0.1) is 17.1 Å². The highest BCUT2D eigenvalue weighted by Crippen LogP contribution is 2.42. The van der Waals surface area contributed by atoms with Crippen molar-refractivity contribution in [1.82, 2.24) is 5.16 Å². The molecule has 0 unspecified atom stereocenters. The van der Waals surface area contributed by atoms with Crippen LogP contribution in [-0.2, 0) is 6.61 Å². The summed E-state index contributed by atoms with van der Waals surface area (Å²) in [5.41, 5.74) is 6.97. The number of rotatable bonds is 3. The monoisotopic (exact) mass is 380 g/mol. The molecule has 4 rings (SSSR count). The van der Waals surface area contributed by atoms with Crippen LogP contribution in [0.15, 0.2) is 61.7 Å². The van der Waals surface area contributed by atoms with Crippen molar-refractivity contribution in [1.29, 1.82) is 5.26 Å². The predicted molar refractivity (Wildman–Crippen MR) is 95.1 cm³/mol. The lowest BCUT2D eigenvalue weighted by atomic mass is 9.85. The third kappa shape index (κ3) is 2.72. The molecule has 4 N–H and O–H groups in total. The van der Waals surface area contributed by atoms with Gasteiger partial charge in [0.2, 0.25) is 5.43 Å². The van der Waals surface area contributed by atoms with Crippen molar-refractivity contribution in [2.24, 2.45) is 5.73 Å². The summed E-state index contributed by atoms with van der Waals surface area (Å²) in [6.07, 6.45) is 1.31. The van der Waals surface area contributed by atoms with Crippen LogP contribution in [0.25, 0.3) is 11.3 Å². The molecule has 0 saturated carbocycles. The first-order chi connectivity index (χ1) is 13.5. The van der Waals surface area contributed by atoms with Gasteiger partial charge in [-0.05, 0) is 24.3 Å². The number of fused-ring (bicyclic) bond motifs is 1. The van der Waals surface area contributed by atoms with E-state index >= 15 is 0 Å². The number of aliphatic hydroxyl groups excluding tert-OH is 1. The van der Waals surface area contributed by atoms with E-state index in [1.165, 1.54) is 30.5 Å². The van der Waals surface area contributed by atoms with Crippen LogP contribution < -0.4 is 16.5 Å². The SMILES string of the molecule is N#CC1=C(N)Nc2c(oc(CO)cc2=O)[C@H]1c1conc1-c1ccc(F)cc1. The number of benzene rings is 1. The quantitative estimate of drug-likeness (QED) is 0.628. The number of nitriles is 1. The van der Waals surface area contributed by atoms with Crippen molar-refractivity contribution in [3.8, 4) is 17.3 Å². The molecule has 0 saturated heterocycles. The Kier molecular flexibility index (Phi) is 4.18. The molecule has 0 radical (unpaired) electrons. The number of halogens is 1. The van der Waals surface area contributed by atoms with Crippen molar-refractivity contribution in [2.45, 2.75) is 12.5 Å². The number of hydrogen-bond acceptors (Lipinski definition) is 8. The van der Waals surface area contributed by atoms with Crippen molar-refractivity contribution >= 4 is 5.69 Å². The first-order valence-corrected chi connectivity index (χ1v) is 8.18. The molecule has 9 heteroatoms. The van der Waals surface area contributed by atoms with E-state index in [-0.39, 0.29) is 28.6 Å². The van der Waals surface area contributed by atoms with E-state index in [1.807, 2.05) is 6.07 Å². The van der Waals surface area contributed by atoms with Crippen molar-refractivity contribution in [2.75, 3.05) is 5.32 Å². The first-order valence-electron chi connectivity index (χ1n) is 8.18. The summed E-state index contributed by atoms with van der Waals surface area (Å²) < 4.78 is 24.1. The van der Waals surface area contributed by atoms with Gasteiger partial charge < -0.3 is 25.1 Å². The molecular weight excluding hydrogens is 367 g/mol. The molecule has 1 aliphatic rings. The zero-order chi connectivity index (χ0) is 19.8. The van der Waals surface area contributed by atoms with Gasteiger partial charge in [-0.3, -0.25) is 4.79 Å². The number of nitrogens with two attached hydrogens (primary N) is 1. The van der Waals surface area contributed by atoms with Gasteiger partial charge in [-0.2, -0.15) is 5.26 Å². The normalized spacial score (nSPS) is 15.7. The van der Waals surface area contributed by atoms with Gasteiger partial charge in [-0.25, -0.2) is 4.39 Å². The predicted octanol–water partition coefficient (Wildman–Crippen LogP) is 2.18. The molecule has 1 aromatic carbocycles. The summed E-state index contributed by atoms with van der Waals surface area (Å²) in [5.74, 6) is -1.18. The maximum Gasteiger partial charge on any atom is 0.209 e. The molecule has 3 aromatic rings. The van der Waals surface area contributed by atoms with E-state index < -0.39 is 23.8 Å². The van der Waals surface area contributed by atoms with E-state index in [2.05, 4.69) is 10.5 Å². The van der Waals surface area contributed by atoms with Gasteiger partial charge in [-0.15, -0.1) is 0 Å². The zero-order valence-electron chi connectivity index (χ0n) is 14.3. The molecule has 2 aromatic heterocycles. The average molecular weight is 380 g/mol. The summed E-state index contributed by atoms with van der Waals surface area (Å²) in [7, 11) is 0. The second-order valence-corrected chi connectivity index (χ2v) is 6.10. The molecule has 140 valence electrons. The Morgan fingerprint density at radius 2 is 2.11 bits per heavy atom. The molecule has 0 fully saturated rings. The van der Waals surface area contributed by atoms with Crippen LogP contribution in [-0.4, -0.2) is 10.3 Å². The van der Waals surface area contributed by atoms with E-state index in [9.17, 15) is 19.6 Å². The molecular formula is C19H13FN4O4. The van der Waals surface area contributed by atoms with Crippen LogP contribution in [0.1, 0.15) is 23.0 Å². The highest BCUT2D eigenvalue weighted by Gasteiger charge is 2.36. The summed E-state index contributed by atoms with van der Waals surface area (Å²) >= 11 is 0. The van der Waals surface area contributed by atoms with Gasteiger partial charge in [0.05, 0.1) is 17.6 Å². The summed E-state index contributed by atoms with van der Waals surface area (Å²) in [6, 6.07) is 8.72. The largest absolute Gasteiger partial charge is 0.460 e. The molecule has 1 aliphatic heterocycles. The Balaban J connectivity index is 1.97. The summed E-state index contributed by atoms with van der Waals surface area (Å²) in [6.45, 7) is -0.495. The highest BCUT2D eigenvalue weighted by molar-refractivity contribution is 5.70. The fourth-order valence-corrected chi connectivity index (χ4v) is 3.15. The second-order valence-electron chi connectivity index (χ2n) is 6.10. The summed E-state index contributed by atoms with van der Waals surface area (Å²) in [4.78, 5) is 12.4.